The number of alkyl halides is 4. The van der Waals surface area contributed by atoms with Crippen LogP contribution in [0.25, 0.3) is 10.2 Å². The van der Waals surface area contributed by atoms with Gasteiger partial charge in [0.1, 0.15) is 5.75 Å². The Labute approximate surface area is 116 Å². The molecular formula is C12H12F4N2OS. The van der Waals surface area contributed by atoms with E-state index in [0.717, 1.165) is 16.0 Å². The minimum absolute atomic E-state index is 0.175. The fourth-order valence-electron chi connectivity index (χ4n) is 1.51. The highest BCUT2D eigenvalue weighted by molar-refractivity contribution is 7.22. The van der Waals surface area contributed by atoms with Gasteiger partial charge in [-0.3, -0.25) is 0 Å². The predicted octanol–water partition coefficient (Wildman–Crippen LogP) is 4.01. The number of hydrogen-bond acceptors (Lipinski definition) is 4. The minimum atomic E-state index is -4.08. The van der Waals surface area contributed by atoms with Gasteiger partial charge in [0.15, 0.2) is 5.13 Å². The van der Waals surface area contributed by atoms with Crippen molar-refractivity contribution in [2.24, 2.45) is 0 Å². The Bertz CT molecular complexity index is 588. The molecule has 1 N–H and O–H groups in total. The van der Waals surface area contributed by atoms with Crippen LogP contribution in [0.5, 0.6) is 5.75 Å². The zero-order valence-electron chi connectivity index (χ0n) is 10.5. The summed E-state index contributed by atoms with van der Waals surface area (Å²) in [5.74, 6) is -3.43. The van der Waals surface area contributed by atoms with Crippen LogP contribution in [0.3, 0.4) is 0 Å². The van der Waals surface area contributed by atoms with E-state index in [1.54, 1.807) is 18.2 Å². The van der Waals surface area contributed by atoms with Crippen LogP contribution < -0.4 is 10.1 Å². The Balaban J connectivity index is 2.12. The predicted molar refractivity (Wildman–Crippen MR) is 70.2 cm³/mol. The average Bonchev–Trinajstić information content (AvgIpc) is 2.79. The molecule has 0 aliphatic carbocycles. The molecule has 1 heterocycles. The van der Waals surface area contributed by atoms with Gasteiger partial charge >= 0.3 is 12.3 Å². The maximum atomic E-state index is 12.8. The molecule has 0 aliphatic heterocycles. The summed E-state index contributed by atoms with van der Waals surface area (Å²) >= 11 is 1.11. The van der Waals surface area contributed by atoms with Crippen LogP contribution in [0, 0.1) is 0 Å². The highest BCUT2D eigenvalue weighted by Crippen LogP contribution is 2.30. The molecule has 0 spiro atoms. The van der Waals surface area contributed by atoms with E-state index in [9.17, 15) is 17.6 Å². The fraction of sp³-hybridized carbons (Fsp3) is 0.417. The van der Waals surface area contributed by atoms with Crippen molar-refractivity contribution in [3.63, 3.8) is 0 Å². The normalized spacial score (nSPS) is 12.1. The lowest BCUT2D eigenvalue weighted by atomic mass is 10.3. The Morgan fingerprint density at radius 2 is 2.15 bits per heavy atom. The summed E-state index contributed by atoms with van der Waals surface area (Å²) in [6, 6.07) is 5.13. The third kappa shape index (κ3) is 3.30. The molecule has 0 amide bonds. The smallest absolute Gasteiger partial charge is 0.324 e. The molecule has 0 saturated carbocycles. The summed E-state index contributed by atoms with van der Waals surface area (Å²) in [6.45, 7) is 1.20. The highest BCUT2D eigenvalue weighted by atomic mass is 32.1. The van der Waals surface area contributed by atoms with Crippen molar-refractivity contribution in [1.29, 1.82) is 0 Å². The van der Waals surface area contributed by atoms with Gasteiger partial charge in [0, 0.05) is 0 Å². The van der Waals surface area contributed by atoms with E-state index in [4.69, 9.17) is 4.74 Å². The number of nitrogens with zero attached hydrogens (tertiary/aromatic N) is 1. The first-order chi connectivity index (χ1) is 9.42. The van der Waals surface area contributed by atoms with Gasteiger partial charge in [-0.2, -0.15) is 8.78 Å². The fourth-order valence-corrected chi connectivity index (χ4v) is 2.40. The van der Waals surface area contributed by atoms with Crippen LogP contribution in [-0.4, -0.2) is 30.5 Å². The molecule has 0 atom stereocenters. The molecule has 8 heteroatoms. The third-order valence-corrected chi connectivity index (χ3v) is 3.44. The quantitative estimate of drug-likeness (QED) is 0.819. The van der Waals surface area contributed by atoms with E-state index in [-0.39, 0.29) is 5.13 Å². The summed E-state index contributed by atoms with van der Waals surface area (Å²) in [5.41, 5.74) is 0.598. The number of thiazole rings is 1. The number of hydrogen-bond donors (Lipinski definition) is 1. The van der Waals surface area contributed by atoms with Crippen molar-refractivity contribution in [3.05, 3.63) is 18.2 Å². The van der Waals surface area contributed by atoms with E-state index in [2.05, 4.69) is 10.3 Å². The zero-order valence-corrected chi connectivity index (χ0v) is 11.3. The summed E-state index contributed by atoms with van der Waals surface area (Å²) in [4.78, 5) is 4.05. The lowest BCUT2D eigenvalue weighted by molar-refractivity contribution is -0.117. The van der Waals surface area contributed by atoms with E-state index >= 15 is 0 Å². The zero-order chi connectivity index (χ0) is 14.8. The Hall–Kier alpha value is -1.57. The number of fused-ring (bicyclic) bond motifs is 1. The summed E-state index contributed by atoms with van der Waals surface area (Å²) in [7, 11) is 0. The monoisotopic (exact) mass is 308 g/mol. The lowest BCUT2D eigenvalue weighted by Crippen LogP contribution is -2.34. The first-order valence-electron chi connectivity index (χ1n) is 5.85. The number of ether oxygens (including phenoxy) is 1. The second-order valence-electron chi connectivity index (χ2n) is 4.00. The minimum Gasteiger partial charge on any atom is -0.494 e. The Morgan fingerprint density at radius 3 is 2.80 bits per heavy atom. The van der Waals surface area contributed by atoms with Gasteiger partial charge in [-0.1, -0.05) is 11.3 Å². The molecule has 0 bridgehead atoms. The standard InChI is InChI=1S/C12H12F4N2OS/c1-2-19-7-3-4-8-9(5-7)20-11(18-8)17-6-12(15,16)10(13)14/h3-5,10H,2,6H2,1H3,(H,17,18). The number of anilines is 1. The third-order valence-electron chi connectivity index (χ3n) is 2.47. The second-order valence-corrected chi connectivity index (χ2v) is 5.03. The molecule has 20 heavy (non-hydrogen) atoms. The van der Waals surface area contributed by atoms with Crippen LogP contribution in [0.2, 0.25) is 0 Å². The van der Waals surface area contributed by atoms with E-state index in [1.807, 2.05) is 6.92 Å². The van der Waals surface area contributed by atoms with Crippen LogP contribution in [0.4, 0.5) is 22.7 Å². The van der Waals surface area contributed by atoms with Gasteiger partial charge in [0.25, 0.3) is 0 Å². The first-order valence-corrected chi connectivity index (χ1v) is 6.67. The average molecular weight is 308 g/mol. The first kappa shape index (κ1) is 14.8. The second kappa shape index (κ2) is 5.82. The van der Waals surface area contributed by atoms with Crippen molar-refractivity contribution >= 4 is 26.7 Å². The van der Waals surface area contributed by atoms with Crippen molar-refractivity contribution in [2.75, 3.05) is 18.5 Å². The van der Waals surface area contributed by atoms with E-state index < -0.39 is 18.9 Å². The molecule has 1 aromatic carbocycles. The number of aromatic nitrogens is 1. The molecule has 0 unspecified atom stereocenters. The molecule has 2 aromatic rings. The molecule has 1 aromatic heterocycles. The number of nitrogens with one attached hydrogen (secondary N) is 1. The number of rotatable bonds is 6. The molecule has 3 nitrogen and oxygen atoms in total. The van der Waals surface area contributed by atoms with Gasteiger partial charge in [0.05, 0.1) is 23.4 Å². The number of halogens is 4. The van der Waals surface area contributed by atoms with Crippen molar-refractivity contribution in [2.45, 2.75) is 19.3 Å². The Kier molecular flexibility index (Phi) is 4.32. The number of benzene rings is 1. The molecule has 0 radical (unpaired) electrons. The SMILES string of the molecule is CCOc1ccc2nc(NCC(F)(F)C(F)F)sc2c1. The maximum Gasteiger partial charge on any atom is 0.324 e. The van der Waals surface area contributed by atoms with Gasteiger partial charge in [-0.05, 0) is 25.1 Å². The maximum absolute atomic E-state index is 12.8. The molecule has 2 rings (SSSR count). The summed E-state index contributed by atoms with van der Waals surface area (Å²) in [5, 5.41) is 2.42. The molecular weight excluding hydrogens is 296 g/mol. The van der Waals surface area contributed by atoms with Crippen molar-refractivity contribution in [1.82, 2.24) is 4.98 Å². The highest BCUT2D eigenvalue weighted by Gasteiger charge is 2.40. The van der Waals surface area contributed by atoms with E-state index in [1.165, 1.54) is 0 Å². The summed E-state index contributed by atoms with van der Waals surface area (Å²) in [6.07, 6.45) is -3.70. The van der Waals surface area contributed by atoms with Crippen LogP contribution in [0.15, 0.2) is 18.2 Å². The molecule has 0 aliphatic rings. The molecule has 110 valence electrons. The van der Waals surface area contributed by atoms with Crippen LogP contribution in [-0.2, 0) is 0 Å². The van der Waals surface area contributed by atoms with Gasteiger partial charge in [0.2, 0.25) is 0 Å². The van der Waals surface area contributed by atoms with Gasteiger partial charge in [-0.15, -0.1) is 0 Å². The lowest BCUT2D eigenvalue weighted by Gasteiger charge is -2.14. The van der Waals surface area contributed by atoms with Crippen LogP contribution >= 0.6 is 11.3 Å². The van der Waals surface area contributed by atoms with Crippen molar-refractivity contribution < 1.29 is 22.3 Å². The molecule has 0 fully saturated rings. The topological polar surface area (TPSA) is 34.1 Å². The van der Waals surface area contributed by atoms with Gasteiger partial charge in [-0.25, -0.2) is 13.8 Å². The van der Waals surface area contributed by atoms with Crippen molar-refractivity contribution in [3.8, 4) is 5.75 Å². The summed E-state index contributed by atoms with van der Waals surface area (Å²) < 4.78 is 55.7. The van der Waals surface area contributed by atoms with Gasteiger partial charge < -0.3 is 10.1 Å². The Morgan fingerprint density at radius 1 is 1.40 bits per heavy atom. The van der Waals surface area contributed by atoms with E-state index in [0.29, 0.717) is 17.9 Å². The van der Waals surface area contributed by atoms with Crippen LogP contribution in [0.1, 0.15) is 6.92 Å². The largest absolute Gasteiger partial charge is 0.494 e. The molecule has 0 saturated heterocycles.